The Hall–Kier alpha value is -2.21. The van der Waals surface area contributed by atoms with Crippen LogP contribution < -0.4 is 5.32 Å². The number of anilines is 2. The van der Waals surface area contributed by atoms with Crippen LogP contribution in [0.15, 0.2) is 97.9 Å². The number of para-hydroxylation sites is 1. The molecule has 1 heterocycles. The van der Waals surface area contributed by atoms with Crippen LogP contribution in [-0.2, 0) is 0 Å². The lowest BCUT2D eigenvalue weighted by Crippen LogP contribution is -1.88. The lowest BCUT2D eigenvalue weighted by atomic mass is 10.2. The zero-order valence-electron chi connectivity index (χ0n) is 15.7. The zero-order chi connectivity index (χ0) is 19.3. The van der Waals surface area contributed by atoms with E-state index in [4.69, 9.17) is 4.98 Å². The van der Waals surface area contributed by atoms with Crippen molar-refractivity contribution in [2.75, 3.05) is 5.32 Å². The maximum absolute atomic E-state index is 4.89. The molecule has 0 saturated heterocycles. The van der Waals surface area contributed by atoms with E-state index in [-0.39, 0.29) is 0 Å². The highest BCUT2D eigenvalue weighted by atomic mass is 32.2. The maximum atomic E-state index is 4.89. The highest BCUT2D eigenvalue weighted by Gasteiger charge is 2.15. The maximum Gasteiger partial charge on any atom is 0.189 e. The van der Waals surface area contributed by atoms with E-state index in [1.165, 1.54) is 25.1 Å². The second-order valence-electron chi connectivity index (χ2n) is 6.43. The van der Waals surface area contributed by atoms with E-state index in [1.807, 2.05) is 18.2 Å². The van der Waals surface area contributed by atoms with Crippen LogP contribution in [0.5, 0.6) is 0 Å². The first-order chi connectivity index (χ1) is 13.7. The largest absolute Gasteiger partial charge is 0.331 e. The van der Waals surface area contributed by atoms with Crippen LogP contribution in [0, 0.1) is 13.8 Å². The summed E-state index contributed by atoms with van der Waals surface area (Å²) in [6, 6.07) is 27.4. The Morgan fingerprint density at radius 3 is 1.89 bits per heavy atom. The van der Waals surface area contributed by atoms with Gasteiger partial charge in [0.2, 0.25) is 0 Å². The summed E-state index contributed by atoms with van der Waals surface area (Å²) in [6.07, 6.45) is 0. The first kappa shape index (κ1) is 19.1. The highest BCUT2D eigenvalue weighted by Crippen LogP contribution is 2.44. The quantitative estimate of drug-likeness (QED) is 0.344. The average Bonchev–Trinajstić information content (AvgIpc) is 3.07. The van der Waals surface area contributed by atoms with Crippen LogP contribution in [0.1, 0.15) is 11.1 Å². The van der Waals surface area contributed by atoms with E-state index in [0.29, 0.717) is 0 Å². The smallest absolute Gasteiger partial charge is 0.189 e. The Balaban J connectivity index is 1.62. The Morgan fingerprint density at radius 1 is 0.714 bits per heavy atom. The molecule has 5 heteroatoms. The van der Waals surface area contributed by atoms with Crippen LogP contribution in [-0.4, -0.2) is 4.98 Å². The molecule has 0 aliphatic rings. The molecule has 2 nitrogen and oxygen atoms in total. The van der Waals surface area contributed by atoms with Gasteiger partial charge in [-0.2, -0.15) is 0 Å². The van der Waals surface area contributed by atoms with Gasteiger partial charge >= 0.3 is 0 Å². The van der Waals surface area contributed by atoms with E-state index < -0.39 is 0 Å². The van der Waals surface area contributed by atoms with Crippen molar-refractivity contribution in [3.63, 3.8) is 0 Å². The van der Waals surface area contributed by atoms with Gasteiger partial charge in [-0.05, 0) is 50.2 Å². The number of aryl methyl sites for hydroxylation is 2. The molecule has 0 saturated carbocycles. The molecule has 140 valence electrons. The first-order valence-corrected chi connectivity index (χ1v) is 11.4. The van der Waals surface area contributed by atoms with Gasteiger partial charge in [0.15, 0.2) is 5.13 Å². The second kappa shape index (κ2) is 8.86. The minimum absolute atomic E-state index is 0.912. The minimum atomic E-state index is 0.912. The molecule has 0 unspecified atom stereocenters. The lowest BCUT2D eigenvalue weighted by molar-refractivity contribution is 1.13. The topological polar surface area (TPSA) is 24.9 Å². The van der Waals surface area contributed by atoms with Crippen molar-refractivity contribution in [1.82, 2.24) is 4.98 Å². The number of rotatable bonds is 6. The summed E-state index contributed by atoms with van der Waals surface area (Å²) in [5.41, 5.74) is 3.59. The molecule has 0 amide bonds. The monoisotopic (exact) mass is 420 g/mol. The predicted molar refractivity (Wildman–Crippen MR) is 122 cm³/mol. The molecular weight excluding hydrogens is 400 g/mol. The summed E-state index contributed by atoms with van der Waals surface area (Å²) < 4.78 is 1.20. The molecule has 3 aromatic carbocycles. The van der Waals surface area contributed by atoms with Crippen LogP contribution in [0.25, 0.3) is 0 Å². The molecule has 0 spiro atoms. The van der Waals surface area contributed by atoms with Gasteiger partial charge in [-0.15, -0.1) is 0 Å². The number of nitrogens with zero attached hydrogens (tertiary/aromatic N) is 1. The van der Waals surface area contributed by atoms with Crippen molar-refractivity contribution < 1.29 is 0 Å². The van der Waals surface area contributed by atoms with Crippen LogP contribution >= 0.6 is 34.9 Å². The van der Waals surface area contributed by atoms with Gasteiger partial charge in [-0.1, -0.05) is 88.5 Å². The molecule has 4 aromatic rings. The van der Waals surface area contributed by atoms with Crippen molar-refractivity contribution in [2.24, 2.45) is 0 Å². The molecule has 0 atom stereocenters. The molecule has 4 rings (SSSR count). The molecule has 0 bridgehead atoms. The van der Waals surface area contributed by atoms with Crippen LogP contribution in [0.2, 0.25) is 0 Å². The van der Waals surface area contributed by atoms with E-state index in [2.05, 4.69) is 79.8 Å². The number of hydrogen-bond donors (Lipinski definition) is 1. The Bertz CT molecular complexity index is 975. The molecule has 1 N–H and O–H groups in total. The van der Waals surface area contributed by atoms with Crippen molar-refractivity contribution >= 4 is 45.7 Å². The van der Waals surface area contributed by atoms with Crippen molar-refractivity contribution in [3.8, 4) is 0 Å². The zero-order valence-corrected chi connectivity index (χ0v) is 18.1. The van der Waals surface area contributed by atoms with Gasteiger partial charge in [0.05, 0.1) is 0 Å². The third kappa shape index (κ3) is 4.98. The molecule has 0 fully saturated rings. The van der Waals surface area contributed by atoms with Crippen molar-refractivity contribution in [3.05, 3.63) is 90.0 Å². The third-order valence-corrected chi connectivity index (χ3v) is 7.47. The fraction of sp³-hybridized carbons (Fsp3) is 0.0870. The van der Waals surface area contributed by atoms with Crippen molar-refractivity contribution in [2.45, 2.75) is 32.9 Å². The van der Waals surface area contributed by atoms with Gasteiger partial charge < -0.3 is 5.32 Å². The molecule has 0 aliphatic heterocycles. The van der Waals surface area contributed by atoms with E-state index in [9.17, 15) is 0 Å². The number of benzene rings is 3. The van der Waals surface area contributed by atoms with E-state index in [0.717, 1.165) is 15.8 Å². The summed E-state index contributed by atoms with van der Waals surface area (Å²) in [7, 11) is 0. The SMILES string of the molecule is Cc1ccc(Sc2nc(Nc3ccccc3)sc2Sc2ccc(C)cc2)cc1. The summed E-state index contributed by atoms with van der Waals surface area (Å²) in [4.78, 5) is 7.32. The fourth-order valence-corrected chi connectivity index (χ4v) is 5.75. The van der Waals surface area contributed by atoms with Gasteiger partial charge in [0.25, 0.3) is 0 Å². The first-order valence-electron chi connectivity index (χ1n) is 8.98. The third-order valence-electron chi connectivity index (χ3n) is 4.06. The average molecular weight is 421 g/mol. The molecule has 28 heavy (non-hydrogen) atoms. The van der Waals surface area contributed by atoms with E-state index in [1.54, 1.807) is 34.9 Å². The van der Waals surface area contributed by atoms with Crippen molar-refractivity contribution in [1.29, 1.82) is 0 Å². The highest BCUT2D eigenvalue weighted by molar-refractivity contribution is 8.03. The number of nitrogens with one attached hydrogen (secondary N) is 1. The summed E-state index contributed by atoms with van der Waals surface area (Å²) in [5, 5.41) is 5.39. The number of thiazole rings is 1. The Kier molecular flexibility index (Phi) is 6.05. The molecular formula is C23H20N2S3. The fourth-order valence-electron chi connectivity index (χ4n) is 2.55. The molecule has 0 aliphatic carbocycles. The molecule has 1 aromatic heterocycles. The van der Waals surface area contributed by atoms with Gasteiger partial charge in [-0.25, -0.2) is 4.98 Å². The summed E-state index contributed by atoms with van der Waals surface area (Å²) in [6.45, 7) is 4.22. The van der Waals surface area contributed by atoms with Gasteiger partial charge in [-0.3, -0.25) is 0 Å². The minimum Gasteiger partial charge on any atom is -0.331 e. The van der Waals surface area contributed by atoms with E-state index >= 15 is 0 Å². The molecule has 0 radical (unpaired) electrons. The normalized spacial score (nSPS) is 10.8. The van der Waals surface area contributed by atoms with Gasteiger partial charge in [0.1, 0.15) is 9.24 Å². The van der Waals surface area contributed by atoms with Crippen LogP contribution in [0.3, 0.4) is 0 Å². The Morgan fingerprint density at radius 2 is 1.29 bits per heavy atom. The number of aromatic nitrogens is 1. The Labute approximate surface area is 178 Å². The standard InChI is InChI=1S/C23H20N2S3/c1-16-8-12-19(13-9-16)26-21-22(27-20-14-10-17(2)11-15-20)28-23(25-21)24-18-6-4-3-5-7-18/h3-15H,1-2H3,(H,24,25). The summed E-state index contributed by atoms with van der Waals surface area (Å²) >= 11 is 5.18. The number of hydrogen-bond acceptors (Lipinski definition) is 5. The summed E-state index contributed by atoms with van der Waals surface area (Å²) in [5.74, 6) is 0. The van der Waals surface area contributed by atoms with Crippen LogP contribution in [0.4, 0.5) is 10.8 Å². The second-order valence-corrected chi connectivity index (χ2v) is 9.84. The lowest BCUT2D eigenvalue weighted by Gasteiger charge is -2.03. The van der Waals surface area contributed by atoms with Gasteiger partial charge in [0, 0.05) is 15.5 Å². The predicted octanol–water partition coefficient (Wildman–Crippen LogP) is 7.81.